The average Bonchev–Trinajstić information content (AvgIpc) is 2.77. The zero-order chi connectivity index (χ0) is 25.1. The number of primary sulfonamides is 1. The van der Waals surface area contributed by atoms with E-state index in [-0.39, 0.29) is 23.0 Å². The predicted octanol–water partition coefficient (Wildman–Crippen LogP) is 4.75. The fourth-order valence-corrected chi connectivity index (χ4v) is 4.13. The average molecular weight is 496 g/mol. The van der Waals surface area contributed by atoms with E-state index in [1.807, 2.05) is 25.1 Å². The van der Waals surface area contributed by atoms with Gasteiger partial charge in [-0.05, 0) is 56.8 Å². The molecule has 0 aliphatic carbocycles. The van der Waals surface area contributed by atoms with Crippen molar-refractivity contribution < 1.29 is 22.3 Å². The first-order valence-corrected chi connectivity index (χ1v) is 13.3. The van der Waals surface area contributed by atoms with Crippen LogP contribution in [-0.4, -0.2) is 53.7 Å². The lowest BCUT2D eigenvalue weighted by molar-refractivity contribution is 0.105. The van der Waals surface area contributed by atoms with E-state index in [2.05, 4.69) is 18.7 Å². The Morgan fingerprint density at radius 3 is 2.24 bits per heavy atom. The van der Waals surface area contributed by atoms with Crippen molar-refractivity contribution in [3.63, 3.8) is 0 Å². The van der Waals surface area contributed by atoms with E-state index in [0.717, 1.165) is 45.3 Å². The molecule has 0 radical (unpaired) electrons. The molecule has 0 amide bonds. The summed E-state index contributed by atoms with van der Waals surface area (Å²) >= 11 is 0. The van der Waals surface area contributed by atoms with Gasteiger partial charge in [-0.25, -0.2) is 17.9 Å². The Bertz CT molecular complexity index is 1010. The number of hydrogen-bond acceptors (Lipinski definition) is 6. The lowest BCUT2D eigenvalue weighted by Crippen LogP contribution is -2.27. The van der Waals surface area contributed by atoms with E-state index in [1.165, 1.54) is 24.3 Å². The van der Waals surface area contributed by atoms with Gasteiger partial charge in [-0.3, -0.25) is 0 Å². The van der Waals surface area contributed by atoms with Gasteiger partial charge in [0.25, 0.3) is 0 Å². The summed E-state index contributed by atoms with van der Waals surface area (Å²) in [5.74, 6) is -0.166. The van der Waals surface area contributed by atoms with Crippen molar-refractivity contribution in [2.45, 2.75) is 51.0 Å². The Hall–Kier alpha value is -2.20. The van der Waals surface area contributed by atoms with Gasteiger partial charge in [0, 0.05) is 25.7 Å². The highest BCUT2D eigenvalue weighted by molar-refractivity contribution is 7.89. The first kappa shape index (κ1) is 28.0. The summed E-state index contributed by atoms with van der Waals surface area (Å²) in [5, 5.41) is 5.63. The lowest BCUT2D eigenvalue weighted by atomic mass is 10.1. The van der Waals surface area contributed by atoms with E-state index in [9.17, 15) is 12.8 Å². The molecule has 0 atom stereocenters. The predicted molar refractivity (Wildman–Crippen MR) is 135 cm³/mol. The normalized spacial score (nSPS) is 11.7. The first-order valence-electron chi connectivity index (χ1n) is 11.8. The van der Waals surface area contributed by atoms with Gasteiger partial charge >= 0.3 is 0 Å². The molecule has 2 rings (SSSR count). The van der Waals surface area contributed by atoms with Crippen molar-refractivity contribution in [3.8, 4) is 11.5 Å². The molecule has 2 aromatic carbocycles. The van der Waals surface area contributed by atoms with E-state index < -0.39 is 15.8 Å². The molecular formula is C25H38FN3O4S. The summed E-state index contributed by atoms with van der Waals surface area (Å²) in [5.41, 5.74) is 1.30. The number of ether oxygens (including phenoxy) is 2. The second-order valence-electron chi connectivity index (χ2n) is 8.60. The third-order valence-corrected chi connectivity index (χ3v) is 6.19. The number of rotatable bonds is 15. The second-order valence-corrected chi connectivity index (χ2v) is 10.1. The minimum atomic E-state index is -4.14. The topological polar surface area (TPSA) is 85.1 Å². The number of nitrogens with two attached hydrogens (primary N) is 1. The third kappa shape index (κ3) is 8.87. The van der Waals surface area contributed by atoms with Crippen LogP contribution < -0.4 is 14.8 Å². The molecule has 0 spiro atoms. The van der Waals surface area contributed by atoms with Crippen molar-refractivity contribution in [2.24, 2.45) is 5.14 Å². The number of sulfonamides is 1. The summed E-state index contributed by atoms with van der Waals surface area (Å²) in [6.45, 7) is 7.15. The van der Waals surface area contributed by atoms with Crippen molar-refractivity contribution >= 4 is 15.7 Å². The van der Waals surface area contributed by atoms with Crippen LogP contribution in [0.25, 0.3) is 0 Å². The van der Waals surface area contributed by atoms with Crippen LogP contribution in [0.1, 0.15) is 45.1 Å². The molecule has 2 N–H and O–H groups in total. The fourth-order valence-electron chi connectivity index (χ4n) is 3.41. The van der Waals surface area contributed by atoms with E-state index >= 15 is 0 Å². The van der Waals surface area contributed by atoms with Gasteiger partial charge in [0.05, 0.1) is 18.9 Å². The standard InChI is InChI=1S/C25H38FN3O4S/c1-5-7-12-29(13-8-6-2)23-16-20(19-32-15-14-28(3)4)17-24(34(27,30)31)25(23)33-22-11-9-10-21(26)18-22/h9-11,16-18H,5-8,12-15,19H2,1-4H3,(H2,27,30,31). The molecule has 2 aromatic rings. The SMILES string of the molecule is CCCCN(CCCC)c1cc(COCCN(C)C)cc(S(N)(=O)=O)c1Oc1cccc(F)c1. The van der Waals surface area contributed by atoms with Gasteiger partial charge in [-0.1, -0.05) is 32.8 Å². The first-order chi connectivity index (χ1) is 16.2. The number of hydrogen-bond donors (Lipinski definition) is 1. The molecule has 7 nitrogen and oxygen atoms in total. The molecule has 190 valence electrons. The highest BCUT2D eigenvalue weighted by atomic mass is 32.2. The molecule has 0 saturated carbocycles. The van der Waals surface area contributed by atoms with Gasteiger partial charge in [-0.15, -0.1) is 0 Å². The van der Waals surface area contributed by atoms with Crippen molar-refractivity contribution in [1.29, 1.82) is 0 Å². The summed E-state index contributed by atoms with van der Waals surface area (Å²) in [6.07, 6.45) is 3.82. The minimum Gasteiger partial charge on any atom is -0.454 e. The summed E-state index contributed by atoms with van der Waals surface area (Å²) in [7, 11) is -0.223. The Balaban J connectivity index is 2.59. The number of anilines is 1. The van der Waals surface area contributed by atoms with Gasteiger partial charge in [0.15, 0.2) is 5.75 Å². The van der Waals surface area contributed by atoms with Crippen LogP contribution >= 0.6 is 0 Å². The molecule has 0 unspecified atom stereocenters. The fraction of sp³-hybridized carbons (Fsp3) is 0.520. The Morgan fingerprint density at radius 1 is 1.00 bits per heavy atom. The highest BCUT2D eigenvalue weighted by Crippen LogP contribution is 2.40. The largest absolute Gasteiger partial charge is 0.454 e. The van der Waals surface area contributed by atoms with E-state index in [4.69, 9.17) is 14.6 Å². The number of benzene rings is 2. The summed E-state index contributed by atoms with van der Waals surface area (Å²) in [4.78, 5) is 3.99. The summed E-state index contributed by atoms with van der Waals surface area (Å²) < 4.78 is 50.9. The molecule has 0 aliphatic heterocycles. The van der Waals surface area contributed by atoms with Crippen LogP contribution in [0, 0.1) is 5.82 Å². The van der Waals surface area contributed by atoms with Crippen LogP contribution in [0.5, 0.6) is 11.5 Å². The zero-order valence-electron chi connectivity index (χ0n) is 20.7. The molecule has 0 heterocycles. The molecule has 0 bridgehead atoms. The number of halogens is 1. The number of likely N-dealkylation sites (N-methyl/N-ethyl adjacent to an activating group) is 1. The summed E-state index contributed by atoms with van der Waals surface area (Å²) in [6, 6.07) is 9.00. The van der Waals surface area contributed by atoms with Crippen LogP contribution in [0.15, 0.2) is 41.3 Å². The van der Waals surface area contributed by atoms with Crippen molar-refractivity contribution in [1.82, 2.24) is 4.90 Å². The van der Waals surface area contributed by atoms with Crippen LogP contribution in [0.3, 0.4) is 0 Å². The molecular weight excluding hydrogens is 457 g/mol. The maximum Gasteiger partial charge on any atom is 0.241 e. The molecule has 9 heteroatoms. The van der Waals surface area contributed by atoms with Crippen LogP contribution in [0.4, 0.5) is 10.1 Å². The van der Waals surface area contributed by atoms with Crippen molar-refractivity contribution in [3.05, 3.63) is 47.8 Å². The Morgan fingerprint density at radius 2 is 1.68 bits per heavy atom. The molecule has 34 heavy (non-hydrogen) atoms. The molecule has 0 aromatic heterocycles. The Kier molecular flexibility index (Phi) is 11.2. The van der Waals surface area contributed by atoms with Crippen LogP contribution in [-0.2, 0) is 21.4 Å². The third-order valence-electron chi connectivity index (χ3n) is 5.27. The van der Waals surface area contributed by atoms with Crippen LogP contribution in [0.2, 0.25) is 0 Å². The second kappa shape index (κ2) is 13.6. The lowest BCUT2D eigenvalue weighted by Gasteiger charge is -2.28. The van der Waals surface area contributed by atoms with Gasteiger partial charge in [0.1, 0.15) is 16.5 Å². The number of unbranched alkanes of at least 4 members (excludes halogenated alkanes) is 2. The quantitative estimate of drug-likeness (QED) is 0.359. The minimum absolute atomic E-state index is 0.109. The molecule has 0 fully saturated rings. The maximum absolute atomic E-state index is 13.8. The molecule has 0 aliphatic rings. The van der Waals surface area contributed by atoms with E-state index in [0.29, 0.717) is 17.9 Å². The van der Waals surface area contributed by atoms with Crippen molar-refractivity contribution in [2.75, 3.05) is 45.2 Å². The monoisotopic (exact) mass is 495 g/mol. The zero-order valence-corrected chi connectivity index (χ0v) is 21.5. The van der Waals surface area contributed by atoms with Gasteiger partial charge < -0.3 is 19.3 Å². The maximum atomic E-state index is 13.8. The molecule has 0 saturated heterocycles. The Labute approximate surface area is 203 Å². The van der Waals surface area contributed by atoms with Gasteiger partial charge in [-0.2, -0.15) is 0 Å². The highest BCUT2D eigenvalue weighted by Gasteiger charge is 2.25. The van der Waals surface area contributed by atoms with E-state index in [1.54, 1.807) is 6.07 Å². The smallest absolute Gasteiger partial charge is 0.241 e. The van der Waals surface area contributed by atoms with Gasteiger partial charge in [0.2, 0.25) is 10.0 Å². The number of nitrogens with zero attached hydrogens (tertiary/aromatic N) is 2.